The first-order valence-electron chi connectivity index (χ1n) is 13.5. The van der Waals surface area contributed by atoms with Crippen molar-refractivity contribution in [1.82, 2.24) is 4.90 Å². The summed E-state index contributed by atoms with van der Waals surface area (Å²) in [5.74, 6) is -0.262. The summed E-state index contributed by atoms with van der Waals surface area (Å²) in [6.45, 7) is 3.90. The number of hydrogen-bond acceptors (Lipinski definition) is 7. The molecule has 2 aromatic rings. The van der Waals surface area contributed by atoms with Crippen LogP contribution in [0.25, 0.3) is 0 Å². The number of methoxy groups -OCH3 is 1. The van der Waals surface area contributed by atoms with E-state index in [4.69, 9.17) is 20.9 Å². The third kappa shape index (κ3) is 12.1. The highest BCUT2D eigenvalue weighted by molar-refractivity contribution is 7.80. The molecule has 0 aliphatic carbocycles. The number of rotatable bonds is 15. The van der Waals surface area contributed by atoms with Crippen LogP contribution in [0.5, 0.6) is 0 Å². The molecule has 1 N–H and O–H groups in total. The van der Waals surface area contributed by atoms with Crippen LogP contribution >= 0.6 is 22.9 Å². The van der Waals surface area contributed by atoms with Gasteiger partial charge < -0.3 is 4.74 Å². The Labute approximate surface area is 237 Å². The first-order chi connectivity index (χ1) is 18.3. The third-order valence-electron chi connectivity index (χ3n) is 6.56. The van der Waals surface area contributed by atoms with E-state index in [-0.39, 0.29) is 12.6 Å². The second-order valence-electron chi connectivity index (χ2n) is 9.47. The van der Waals surface area contributed by atoms with E-state index in [1.165, 1.54) is 62.5 Å². The van der Waals surface area contributed by atoms with E-state index in [0.717, 1.165) is 37.9 Å². The van der Waals surface area contributed by atoms with E-state index in [9.17, 15) is 13.2 Å². The smallest absolute Gasteiger partial charge is 0.397 e. The van der Waals surface area contributed by atoms with Crippen molar-refractivity contribution in [3.63, 3.8) is 0 Å². The average molecular weight is 588 g/mol. The van der Waals surface area contributed by atoms with Crippen LogP contribution in [0.2, 0.25) is 5.02 Å². The lowest BCUT2D eigenvalue weighted by Gasteiger charge is -2.33. The van der Waals surface area contributed by atoms with E-state index < -0.39 is 16.4 Å². The number of nitrogens with zero attached hydrogens (tertiary/aromatic N) is 1. The number of halogens is 1. The zero-order valence-corrected chi connectivity index (χ0v) is 25.0. The van der Waals surface area contributed by atoms with Gasteiger partial charge in [0.2, 0.25) is 0 Å². The van der Waals surface area contributed by atoms with Crippen molar-refractivity contribution in [3.05, 3.63) is 56.7 Å². The Morgan fingerprint density at radius 2 is 1.68 bits per heavy atom. The number of unbranched alkanes of at least 4 members (excludes halogenated alkanes) is 9. The molecule has 1 atom stereocenters. The summed E-state index contributed by atoms with van der Waals surface area (Å²) in [7, 11) is -2.81. The Morgan fingerprint density at radius 3 is 2.29 bits per heavy atom. The minimum absolute atomic E-state index is 0.0926. The monoisotopic (exact) mass is 587 g/mol. The molecule has 7 nitrogen and oxygen atoms in total. The highest BCUT2D eigenvalue weighted by Gasteiger charge is 2.32. The van der Waals surface area contributed by atoms with Crippen molar-refractivity contribution in [2.24, 2.45) is 0 Å². The van der Waals surface area contributed by atoms with Crippen LogP contribution in [0.4, 0.5) is 0 Å². The van der Waals surface area contributed by atoms with Gasteiger partial charge in [0.05, 0.1) is 13.7 Å². The summed E-state index contributed by atoms with van der Waals surface area (Å²) >= 11 is 8.07. The van der Waals surface area contributed by atoms with E-state index in [1.54, 1.807) is 11.3 Å². The van der Waals surface area contributed by atoms with Crippen LogP contribution < -0.4 is 0 Å². The maximum Gasteiger partial charge on any atom is 0.397 e. The number of carbonyl (C=O) groups is 1. The number of carbonyl (C=O) groups excluding carboxylic acids is 1. The van der Waals surface area contributed by atoms with E-state index in [2.05, 4.69) is 27.5 Å². The number of thiophene rings is 1. The van der Waals surface area contributed by atoms with Crippen LogP contribution in [0.3, 0.4) is 0 Å². The standard InChI is InChI=1S/C16H16ClNO2S.C12H26O4S/c1-20-16(19)15(12-4-2-3-5-13(12)17)18-8-6-14-11(10-18)7-9-21-14;1-2-3-4-5-6-7-8-9-10-11-12-16-17(13,14)15/h2-5,7,9,15H,6,8,10H2,1H3;2-12H2,1H3,(H,13,14,15)/t15-;/m1./s1. The number of hydrogen-bond donors (Lipinski definition) is 1. The first kappa shape index (κ1) is 32.7. The maximum atomic E-state index is 12.3. The minimum atomic E-state index is -4.23. The largest absolute Gasteiger partial charge is 0.468 e. The Morgan fingerprint density at radius 1 is 1.05 bits per heavy atom. The Balaban J connectivity index is 0.000000275. The maximum absolute atomic E-state index is 12.3. The summed E-state index contributed by atoms with van der Waals surface area (Å²) in [6.07, 6.45) is 12.8. The van der Waals surface area contributed by atoms with Gasteiger partial charge in [0, 0.05) is 23.0 Å². The Bertz CT molecular complexity index is 1060. The van der Waals surface area contributed by atoms with Gasteiger partial charge in [0.15, 0.2) is 0 Å². The fourth-order valence-corrected chi connectivity index (χ4v) is 5.98. The second-order valence-corrected chi connectivity index (χ2v) is 12.0. The molecule has 0 unspecified atom stereocenters. The van der Waals surface area contributed by atoms with Crippen LogP contribution in [0.15, 0.2) is 35.7 Å². The topological polar surface area (TPSA) is 93.1 Å². The molecule has 1 aromatic heterocycles. The molecule has 0 saturated carbocycles. The average Bonchev–Trinajstić information content (AvgIpc) is 3.36. The van der Waals surface area contributed by atoms with Gasteiger partial charge in [-0.25, -0.2) is 8.98 Å². The number of fused-ring (bicyclic) bond motifs is 1. The van der Waals surface area contributed by atoms with E-state index in [0.29, 0.717) is 11.4 Å². The zero-order chi connectivity index (χ0) is 27.8. The third-order valence-corrected chi connectivity index (χ3v) is 8.39. The van der Waals surface area contributed by atoms with Crippen molar-refractivity contribution >= 4 is 39.3 Å². The van der Waals surface area contributed by atoms with Crippen molar-refractivity contribution in [2.45, 2.75) is 90.1 Å². The molecule has 214 valence electrons. The second kappa shape index (κ2) is 18.0. The van der Waals surface area contributed by atoms with Crippen molar-refractivity contribution < 1.29 is 26.7 Å². The SMILES string of the molecule is CCCCCCCCCCCCOS(=O)(=O)O.COC(=O)[C@@H](c1ccccc1Cl)N1CCc2sccc2C1. The normalized spacial score (nSPS) is 14.3. The van der Waals surface area contributed by atoms with Gasteiger partial charge in [0.1, 0.15) is 6.04 Å². The Hall–Kier alpha value is -1.49. The first-order valence-corrected chi connectivity index (χ1v) is 16.1. The quantitative estimate of drug-likeness (QED) is 0.132. The molecular weight excluding hydrogens is 546 g/mol. The lowest BCUT2D eigenvalue weighted by Crippen LogP contribution is -2.38. The van der Waals surface area contributed by atoms with Gasteiger partial charge in [-0.15, -0.1) is 11.3 Å². The number of esters is 1. The minimum Gasteiger partial charge on any atom is -0.468 e. The van der Waals surface area contributed by atoms with Crippen molar-refractivity contribution in [3.8, 4) is 0 Å². The van der Waals surface area contributed by atoms with Gasteiger partial charge in [-0.1, -0.05) is 94.5 Å². The van der Waals surface area contributed by atoms with Crippen LogP contribution in [-0.4, -0.2) is 44.1 Å². The molecule has 3 rings (SSSR count). The molecule has 0 amide bonds. The molecule has 1 aliphatic heterocycles. The van der Waals surface area contributed by atoms with Gasteiger partial charge in [-0.05, 0) is 41.5 Å². The molecule has 10 heteroatoms. The van der Waals surface area contributed by atoms with E-state index in [1.807, 2.05) is 24.3 Å². The van der Waals surface area contributed by atoms with Crippen molar-refractivity contribution in [2.75, 3.05) is 20.3 Å². The molecule has 1 aromatic carbocycles. The zero-order valence-electron chi connectivity index (χ0n) is 22.6. The van der Waals surface area contributed by atoms with E-state index >= 15 is 0 Å². The van der Waals surface area contributed by atoms with Gasteiger partial charge in [0.25, 0.3) is 0 Å². The molecular formula is C28H42ClNO6S2. The van der Waals surface area contributed by atoms with Gasteiger partial charge in [-0.3, -0.25) is 9.45 Å². The summed E-state index contributed by atoms with van der Waals surface area (Å²) in [4.78, 5) is 15.8. The highest BCUT2D eigenvalue weighted by Crippen LogP contribution is 2.33. The molecule has 0 spiro atoms. The predicted molar refractivity (Wildman–Crippen MR) is 154 cm³/mol. The highest BCUT2D eigenvalue weighted by atomic mass is 35.5. The van der Waals surface area contributed by atoms with Crippen molar-refractivity contribution in [1.29, 1.82) is 0 Å². The summed E-state index contributed by atoms with van der Waals surface area (Å²) in [5, 5.41) is 2.71. The molecule has 2 heterocycles. The number of ether oxygens (including phenoxy) is 1. The molecule has 38 heavy (non-hydrogen) atoms. The van der Waals surface area contributed by atoms with Crippen LogP contribution in [0, 0.1) is 0 Å². The molecule has 0 fully saturated rings. The molecule has 0 saturated heterocycles. The lowest BCUT2D eigenvalue weighted by atomic mass is 10.0. The molecule has 0 radical (unpaired) electrons. The fourth-order valence-electron chi connectivity index (χ4n) is 4.53. The summed E-state index contributed by atoms with van der Waals surface area (Å²) in [6, 6.07) is 9.16. The number of benzene rings is 1. The fraction of sp³-hybridized carbons (Fsp3) is 0.607. The van der Waals surface area contributed by atoms with Gasteiger partial charge in [-0.2, -0.15) is 8.42 Å². The summed E-state index contributed by atoms with van der Waals surface area (Å²) < 4.78 is 38.0. The van der Waals surface area contributed by atoms with Crippen LogP contribution in [-0.2, 0) is 37.1 Å². The Kier molecular flexibility index (Phi) is 15.5. The predicted octanol–water partition coefficient (Wildman–Crippen LogP) is 7.40. The van der Waals surface area contributed by atoms with Gasteiger partial charge >= 0.3 is 16.4 Å². The lowest BCUT2D eigenvalue weighted by molar-refractivity contribution is -0.147. The summed E-state index contributed by atoms with van der Waals surface area (Å²) in [5.41, 5.74) is 2.11. The molecule has 0 bridgehead atoms. The van der Waals surface area contributed by atoms with Crippen LogP contribution in [0.1, 0.15) is 93.2 Å². The molecule has 1 aliphatic rings.